The Bertz CT molecular complexity index is 1120. The zero-order valence-electron chi connectivity index (χ0n) is 17.3. The van der Waals surface area contributed by atoms with Crippen LogP contribution in [0.2, 0.25) is 0 Å². The van der Waals surface area contributed by atoms with E-state index in [2.05, 4.69) is 47.5 Å². The Labute approximate surface area is 206 Å². The van der Waals surface area contributed by atoms with Crippen LogP contribution in [-0.4, -0.2) is 11.3 Å². The number of rotatable bonds is 4. The van der Waals surface area contributed by atoms with Gasteiger partial charge in [0, 0.05) is 11.8 Å². The van der Waals surface area contributed by atoms with Gasteiger partial charge in [0.05, 0.1) is 5.69 Å². The van der Waals surface area contributed by atoms with Gasteiger partial charge < -0.3 is 5.11 Å². The van der Waals surface area contributed by atoms with Gasteiger partial charge in [-0.2, -0.15) is 0 Å². The molecule has 4 aromatic carbocycles. The van der Waals surface area contributed by atoms with Crippen molar-refractivity contribution in [2.75, 3.05) is 0 Å². The van der Waals surface area contributed by atoms with Crippen LogP contribution < -0.4 is 0 Å². The minimum atomic E-state index is -1.92. The van der Waals surface area contributed by atoms with E-state index in [1.54, 1.807) is 6.21 Å². The van der Waals surface area contributed by atoms with Crippen molar-refractivity contribution in [1.29, 1.82) is 0 Å². The van der Waals surface area contributed by atoms with Gasteiger partial charge in [0.25, 0.3) is 0 Å². The van der Waals surface area contributed by atoms with Crippen LogP contribution in [0.15, 0.2) is 102 Å². The number of hydrogen-bond acceptors (Lipinski definition) is 2. The number of para-hydroxylation sites is 1. The van der Waals surface area contributed by atoms with Crippen molar-refractivity contribution < 1.29 is 19.8 Å². The molecular weight excluding hydrogens is 497 g/mol. The molecule has 161 valence electrons. The van der Waals surface area contributed by atoms with Crippen LogP contribution >= 0.6 is 27.9 Å². The molecule has 0 fully saturated rings. The van der Waals surface area contributed by atoms with Crippen molar-refractivity contribution in [1.82, 2.24) is 0 Å². The average molecular weight is 518 g/mol. The molecular formula is C26H21Cl3NOTi. The van der Waals surface area contributed by atoms with Gasteiger partial charge in [0.2, 0.25) is 0 Å². The summed E-state index contributed by atoms with van der Waals surface area (Å²) in [5, 5.41) is 10.2. The molecule has 0 saturated carbocycles. The van der Waals surface area contributed by atoms with Crippen molar-refractivity contribution in [3.8, 4) is 28.0 Å². The first-order valence-corrected chi connectivity index (χ1v) is 16.3. The van der Waals surface area contributed by atoms with E-state index in [1.807, 2.05) is 61.5 Å². The molecule has 4 aromatic rings. The summed E-state index contributed by atoms with van der Waals surface area (Å²) in [6.07, 6.45) is 1.72. The first-order valence-electron chi connectivity index (χ1n) is 9.86. The van der Waals surface area contributed by atoms with Crippen LogP contribution in [0.3, 0.4) is 0 Å². The molecule has 0 aliphatic heterocycles. The van der Waals surface area contributed by atoms with E-state index >= 15 is 0 Å². The molecule has 6 heteroatoms. The molecule has 32 heavy (non-hydrogen) atoms. The van der Waals surface area contributed by atoms with E-state index in [9.17, 15) is 5.11 Å². The number of benzene rings is 4. The van der Waals surface area contributed by atoms with Crippen LogP contribution in [-0.2, 0) is 14.7 Å². The van der Waals surface area contributed by atoms with E-state index in [0.29, 0.717) is 5.56 Å². The van der Waals surface area contributed by atoms with Crippen LogP contribution in [0.25, 0.3) is 22.3 Å². The van der Waals surface area contributed by atoms with Crippen LogP contribution in [0.1, 0.15) is 11.1 Å². The van der Waals surface area contributed by atoms with E-state index in [1.165, 1.54) is 0 Å². The fraction of sp³-hybridized carbons (Fsp3) is 0.0385. The average Bonchev–Trinajstić information content (AvgIpc) is 2.81. The first-order chi connectivity index (χ1) is 15.4. The van der Waals surface area contributed by atoms with Crippen molar-refractivity contribution in [3.63, 3.8) is 0 Å². The molecule has 1 N–H and O–H groups in total. The molecule has 0 radical (unpaired) electrons. The first kappa shape index (κ1) is 24.6. The fourth-order valence-electron chi connectivity index (χ4n) is 3.21. The second-order valence-electron chi connectivity index (χ2n) is 6.99. The summed E-state index contributed by atoms with van der Waals surface area (Å²) in [6.45, 7) is 1.89. The molecule has 0 saturated heterocycles. The molecule has 0 aromatic heterocycles. The van der Waals surface area contributed by atoms with Crippen molar-refractivity contribution in [3.05, 3.63) is 108 Å². The topological polar surface area (TPSA) is 32.6 Å². The predicted octanol–water partition coefficient (Wildman–Crippen LogP) is 8.85. The Morgan fingerprint density at radius 2 is 1.19 bits per heavy atom. The number of aliphatic imine (C=N–C) groups is 1. The van der Waals surface area contributed by atoms with E-state index in [0.717, 1.165) is 33.5 Å². The van der Waals surface area contributed by atoms with Gasteiger partial charge in [0.15, 0.2) is 0 Å². The van der Waals surface area contributed by atoms with Crippen LogP contribution in [0.4, 0.5) is 5.69 Å². The summed E-state index contributed by atoms with van der Waals surface area (Å²) in [5.41, 5.74) is 6.93. The van der Waals surface area contributed by atoms with Gasteiger partial charge in [-0.15, -0.1) is 0 Å². The van der Waals surface area contributed by atoms with Crippen molar-refractivity contribution >= 4 is 39.8 Å². The third-order valence-electron chi connectivity index (χ3n) is 4.75. The number of aryl methyl sites for hydroxylation is 1. The van der Waals surface area contributed by atoms with Crippen molar-refractivity contribution in [2.24, 2.45) is 4.99 Å². The molecule has 2 nitrogen and oxygen atoms in total. The summed E-state index contributed by atoms with van der Waals surface area (Å²) in [7, 11) is 14.9. The van der Waals surface area contributed by atoms with Crippen molar-refractivity contribution in [2.45, 2.75) is 6.92 Å². The van der Waals surface area contributed by atoms with Gasteiger partial charge in [-0.3, -0.25) is 4.99 Å². The Hall–Kier alpha value is -2.07. The second kappa shape index (κ2) is 12.2. The summed E-state index contributed by atoms with van der Waals surface area (Å²) in [4.78, 5) is 4.67. The fourth-order valence-corrected chi connectivity index (χ4v) is 3.21. The molecule has 0 atom stereocenters. The standard InChI is InChI=1S/C26H21NO.3ClH.Ti/c1-19-9-8-14-22(26(19)28)18-27-25-16-23(20-10-4-2-5-11-20)15-24(17-25)21-12-6-3-7-13-21;;;;/h2-18,28H,1H3;3*1H;/q;;;;+3/p-3. The Morgan fingerprint density at radius 3 is 1.69 bits per heavy atom. The number of hydrogen-bond donors (Lipinski definition) is 1. The zero-order valence-corrected chi connectivity index (χ0v) is 21.2. The number of halogens is 3. The Balaban J connectivity index is 0.000000668. The molecule has 0 unspecified atom stereocenters. The maximum atomic E-state index is 10.2. The quantitative estimate of drug-likeness (QED) is 0.213. The maximum absolute atomic E-state index is 10.2. The zero-order chi connectivity index (χ0) is 22.9. The SMILES string of the molecule is Cc1cccc(C=Nc2cc(-c3ccccc3)cc(-c3ccccc3)c2)c1O.[Cl][Ti]([Cl])[Cl]. The minimum absolute atomic E-state index is 0.272. The second-order valence-corrected chi connectivity index (χ2v) is 14.7. The van der Waals surface area contributed by atoms with Gasteiger partial charge in [-0.25, -0.2) is 0 Å². The molecule has 0 amide bonds. The monoisotopic (exact) mass is 516 g/mol. The van der Waals surface area contributed by atoms with Gasteiger partial charge in [-0.1, -0.05) is 72.8 Å². The summed E-state index contributed by atoms with van der Waals surface area (Å²) >= 11 is -1.92. The molecule has 0 aliphatic rings. The normalized spacial score (nSPS) is 10.5. The predicted molar refractivity (Wildman–Crippen MR) is 135 cm³/mol. The van der Waals surface area contributed by atoms with E-state index in [4.69, 9.17) is 27.9 Å². The van der Waals surface area contributed by atoms with Crippen LogP contribution in [0, 0.1) is 6.92 Å². The Kier molecular flexibility index (Phi) is 9.41. The molecule has 0 bridgehead atoms. The van der Waals surface area contributed by atoms with E-state index in [-0.39, 0.29) is 5.75 Å². The summed E-state index contributed by atoms with van der Waals surface area (Å²) in [6, 6.07) is 32.6. The Morgan fingerprint density at radius 1 is 0.688 bits per heavy atom. The van der Waals surface area contributed by atoms with Gasteiger partial charge in [-0.05, 0) is 59.0 Å². The number of phenols is 1. The van der Waals surface area contributed by atoms with Gasteiger partial charge in [0.1, 0.15) is 5.75 Å². The molecule has 0 aliphatic carbocycles. The third-order valence-corrected chi connectivity index (χ3v) is 4.75. The van der Waals surface area contributed by atoms with E-state index < -0.39 is 14.7 Å². The molecule has 0 heterocycles. The third kappa shape index (κ3) is 7.23. The summed E-state index contributed by atoms with van der Waals surface area (Å²) in [5.74, 6) is 0.272. The molecule has 0 spiro atoms. The number of aromatic hydroxyl groups is 1. The van der Waals surface area contributed by atoms with Gasteiger partial charge >= 0.3 is 42.6 Å². The molecule has 4 rings (SSSR count). The summed E-state index contributed by atoms with van der Waals surface area (Å²) < 4.78 is 0. The number of phenolic OH excluding ortho intramolecular Hbond substituents is 1. The number of nitrogens with zero attached hydrogens (tertiary/aromatic N) is 1. The van der Waals surface area contributed by atoms with Crippen LogP contribution in [0.5, 0.6) is 5.75 Å².